The summed E-state index contributed by atoms with van der Waals surface area (Å²) in [4.78, 5) is 34.7. The maximum atomic E-state index is 12.4. The standard InChI is InChI=1S/C20H21N3O5/c1-12(2)14-4-6-15(7-5-14)13(3)21-19(24)11-22-17-9-8-16(23(26)27)10-18(17)28-20(22)25/h4-10,12-13H,11H2,1-3H3,(H,21,24). The fourth-order valence-corrected chi connectivity index (χ4v) is 3.00. The minimum atomic E-state index is -0.736. The Morgan fingerprint density at radius 2 is 1.79 bits per heavy atom. The van der Waals surface area contributed by atoms with Crippen LogP contribution in [0.4, 0.5) is 5.69 Å². The molecule has 1 heterocycles. The van der Waals surface area contributed by atoms with Gasteiger partial charge < -0.3 is 9.73 Å². The van der Waals surface area contributed by atoms with E-state index in [-0.39, 0.29) is 29.8 Å². The smallest absolute Gasteiger partial charge is 0.407 e. The lowest BCUT2D eigenvalue weighted by Crippen LogP contribution is -2.32. The first kappa shape index (κ1) is 19.3. The average molecular weight is 383 g/mol. The lowest BCUT2D eigenvalue weighted by Gasteiger charge is -2.15. The second-order valence-corrected chi connectivity index (χ2v) is 6.97. The van der Waals surface area contributed by atoms with E-state index in [2.05, 4.69) is 19.2 Å². The summed E-state index contributed by atoms with van der Waals surface area (Å²) in [5.74, 6) is -0.667. The zero-order valence-electron chi connectivity index (χ0n) is 15.8. The average Bonchev–Trinajstić information content (AvgIpc) is 2.96. The van der Waals surface area contributed by atoms with E-state index < -0.39 is 10.7 Å². The molecule has 0 saturated heterocycles. The molecule has 0 saturated carbocycles. The predicted octanol–water partition coefficient (Wildman–Crippen LogP) is 3.50. The van der Waals surface area contributed by atoms with Crippen LogP contribution in [0.5, 0.6) is 0 Å². The third-order valence-corrected chi connectivity index (χ3v) is 4.65. The number of fused-ring (bicyclic) bond motifs is 1. The molecule has 8 heteroatoms. The predicted molar refractivity (Wildman–Crippen MR) is 104 cm³/mol. The normalized spacial score (nSPS) is 12.3. The maximum Gasteiger partial charge on any atom is 0.420 e. The van der Waals surface area contributed by atoms with Crippen molar-refractivity contribution >= 4 is 22.7 Å². The highest BCUT2D eigenvalue weighted by atomic mass is 16.6. The Kier molecular flexibility index (Phi) is 5.30. The molecule has 1 aromatic heterocycles. The van der Waals surface area contributed by atoms with Crippen molar-refractivity contribution in [3.8, 4) is 0 Å². The molecule has 3 aromatic rings. The fraction of sp³-hybridized carbons (Fsp3) is 0.300. The monoisotopic (exact) mass is 383 g/mol. The topological polar surface area (TPSA) is 107 Å². The van der Waals surface area contributed by atoms with Crippen LogP contribution in [0.2, 0.25) is 0 Å². The molecule has 2 aromatic carbocycles. The number of carbonyl (C=O) groups excluding carboxylic acids is 1. The number of rotatable bonds is 6. The van der Waals surface area contributed by atoms with Gasteiger partial charge in [0.05, 0.1) is 22.5 Å². The summed E-state index contributed by atoms with van der Waals surface area (Å²) >= 11 is 0. The first-order chi connectivity index (χ1) is 13.3. The van der Waals surface area contributed by atoms with Crippen molar-refractivity contribution in [1.29, 1.82) is 0 Å². The molecule has 0 aliphatic heterocycles. The summed E-state index contributed by atoms with van der Waals surface area (Å²) in [5, 5.41) is 13.7. The molecule has 0 aliphatic rings. The van der Waals surface area contributed by atoms with Crippen LogP contribution in [-0.2, 0) is 11.3 Å². The zero-order chi connectivity index (χ0) is 20.4. The Balaban J connectivity index is 1.74. The van der Waals surface area contributed by atoms with E-state index in [0.717, 1.165) is 10.1 Å². The van der Waals surface area contributed by atoms with Gasteiger partial charge in [-0.1, -0.05) is 38.1 Å². The molecule has 1 N–H and O–H groups in total. The van der Waals surface area contributed by atoms with Crippen LogP contribution in [-0.4, -0.2) is 15.4 Å². The van der Waals surface area contributed by atoms with Crippen molar-refractivity contribution in [2.75, 3.05) is 0 Å². The van der Waals surface area contributed by atoms with Crippen molar-refractivity contribution in [3.63, 3.8) is 0 Å². The molecule has 28 heavy (non-hydrogen) atoms. The van der Waals surface area contributed by atoms with Crippen LogP contribution in [0.3, 0.4) is 0 Å². The molecule has 0 aliphatic carbocycles. The third kappa shape index (κ3) is 3.95. The lowest BCUT2D eigenvalue weighted by atomic mass is 9.99. The minimum Gasteiger partial charge on any atom is -0.407 e. The second kappa shape index (κ2) is 7.67. The first-order valence-electron chi connectivity index (χ1n) is 8.93. The first-order valence-corrected chi connectivity index (χ1v) is 8.93. The van der Waals surface area contributed by atoms with Gasteiger partial charge in [0, 0.05) is 6.07 Å². The van der Waals surface area contributed by atoms with E-state index in [1.165, 1.54) is 23.8 Å². The number of nitrogens with one attached hydrogen (secondary N) is 1. The van der Waals surface area contributed by atoms with Gasteiger partial charge in [0.1, 0.15) is 6.54 Å². The molecule has 0 fully saturated rings. The van der Waals surface area contributed by atoms with Crippen LogP contribution in [0, 0.1) is 10.1 Å². The largest absolute Gasteiger partial charge is 0.420 e. The van der Waals surface area contributed by atoms with Crippen LogP contribution in [0.1, 0.15) is 43.9 Å². The number of benzene rings is 2. The van der Waals surface area contributed by atoms with Crippen LogP contribution in [0.15, 0.2) is 51.7 Å². The number of carbonyl (C=O) groups is 1. The molecule has 0 spiro atoms. The van der Waals surface area contributed by atoms with Crippen LogP contribution >= 0.6 is 0 Å². The summed E-state index contributed by atoms with van der Waals surface area (Å²) < 4.78 is 6.19. The van der Waals surface area contributed by atoms with E-state index in [4.69, 9.17) is 4.42 Å². The SMILES string of the molecule is CC(C)c1ccc(C(C)NC(=O)Cn2c(=O)oc3cc([N+](=O)[O-])ccc32)cc1. The molecular weight excluding hydrogens is 362 g/mol. The number of oxazole rings is 1. The highest BCUT2D eigenvalue weighted by molar-refractivity contribution is 5.80. The molecule has 0 bridgehead atoms. The molecule has 3 rings (SSSR count). The Bertz CT molecular complexity index is 1080. The fourth-order valence-electron chi connectivity index (χ4n) is 3.00. The highest BCUT2D eigenvalue weighted by Crippen LogP contribution is 2.21. The molecule has 1 atom stereocenters. The zero-order valence-corrected chi connectivity index (χ0v) is 15.8. The van der Waals surface area contributed by atoms with Crippen molar-refractivity contribution < 1.29 is 14.1 Å². The number of amides is 1. The summed E-state index contributed by atoms with van der Waals surface area (Å²) in [6.07, 6.45) is 0. The van der Waals surface area contributed by atoms with Gasteiger partial charge >= 0.3 is 5.76 Å². The molecule has 146 valence electrons. The van der Waals surface area contributed by atoms with Crippen molar-refractivity contribution in [1.82, 2.24) is 9.88 Å². The van der Waals surface area contributed by atoms with Gasteiger partial charge in [0.15, 0.2) is 5.58 Å². The Hall–Kier alpha value is -3.42. The van der Waals surface area contributed by atoms with Crippen molar-refractivity contribution in [2.24, 2.45) is 0 Å². The second-order valence-electron chi connectivity index (χ2n) is 6.97. The van der Waals surface area contributed by atoms with Gasteiger partial charge in [-0.25, -0.2) is 4.79 Å². The van der Waals surface area contributed by atoms with Crippen LogP contribution in [0.25, 0.3) is 11.1 Å². The Labute approximate surface area is 160 Å². The number of aromatic nitrogens is 1. The van der Waals surface area contributed by atoms with Gasteiger partial charge in [0.2, 0.25) is 5.91 Å². The quantitative estimate of drug-likeness (QED) is 0.518. The summed E-state index contributed by atoms with van der Waals surface area (Å²) in [6, 6.07) is 11.6. The minimum absolute atomic E-state index is 0.0734. The lowest BCUT2D eigenvalue weighted by molar-refractivity contribution is -0.384. The number of nitro benzene ring substituents is 1. The maximum absolute atomic E-state index is 12.4. The summed E-state index contributed by atoms with van der Waals surface area (Å²) in [5.41, 5.74) is 2.39. The Morgan fingerprint density at radius 1 is 1.14 bits per heavy atom. The number of nitro groups is 1. The molecule has 0 radical (unpaired) electrons. The van der Waals surface area contributed by atoms with Gasteiger partial charge in [-0.05, 0) is 30.0 Å². The number of hydrogen-bond acceptors (Lipinski definition) is 5. The van der Waals surface area contributed by atoms with Gasteiger partial charge in [-0.2, -0.15) is 0 Å². The molecule has 1 unspecified atom stereocenters. The molecule has 8 nitrogen and oxygen atoms in total. The highest BCUT2D eigenvalue weighted by Gasteiger charge is 2.17. The van der Waals surface area contributed by atoms with Crippen LogP contribution < -0.4 is 11.1 Å². The third-order valence-electron chi connectivity index (χ3n) is 4.65. The van der Waals surface area contributed by atoms with Gasteiger partial charge in [-0.15, -0.1) is 0 Å². The van der Waals surface area contributed by atoms with Gasteiger partial charge in [0.25, 0.3) is 5.69 Å². The number of hydrogen-bond donors (Lipinski definition) is 1. The number of nitrogens with zero attached hydrogens (tertiary/aromatic N) is 2. The Morgan fingerprint density at radius 3 is 2.39 bits per heavy atom. The van der Waals surface area contributed by atoms with E-state index in [9.17, 15) is 19.7 Å². The molecular formula is C20H21N3O5. The van der Waals surface area contributed by atoms with E-state index in [0.29, 0.717) is 11.4 Å². The molecule has 1 amide bonds. The van der Waals surface area contributed by atoms with Gasteiger partial charge in [-0.3, -0.25) is 19.5 Å². The van der Waals surface area contributed by atoms with E-state index in [1.807, 2.05) is 31.2 Å². The summed E-state index contributed by atoms with van der Waals surface area (Å²) in [7, 11) is 0. The summed E-state index contributed by atoms with van der Waals surface area (Å²) in [6.45, 7) is 5.85. The number of non-ortho nitro benzene ring substituents is 1. The van der Waals surface area contributed by atoms with E-state index >= 15 is 0 Å². The van der Waals surface area contributed by atoms with Crippen molar-refractivity contribution in [2.45, 2.75) is 39.3 Å². The van der Waals surface area contributed by atoms with Crippen molar-refractivity contribution in [3.05, 3.63) is 74.3 Å². The van der Waals surface area contributed by atoms with E-state index in [1.54, 1.807) is 0 Å².